The van der Waals surface area contributed by atoms with Crippen molar-refractivity contribution in [2.45, 2.75) is 13.8 Å². The Labute approximate surface area is 75.0 Å². The zero-order valence-corrected chi connectivity index (χ0v) is 7.51. The van der Waals surface area contributed by atoms with E-state index in [1.807, 2.05) is 0 Å². The molecule has 0 aliphatic heterocycles. The van der Waals surface area contributed by atoms with Gasteiger partial charge in [-0.1, -0.05) is 11.6 Å². The number of nitrogens with one attached hydrogen (secondary N) is 1. The minimum Gasteiger partial charge on any atom is -0.311 e. The lowest BCUT2D eigenvalue weighted by molar-refractivity contribution is -0.114. The second-order valence-corrected chi connectivity index (χ2v) is 2.69. The normalized spacial score (nSPS) is 9.58. The van der Waals surface area contributed by atoms with E-state index < -0.39 is 0 Å². The first-order chi connectivity index (χ1) is 5.58. The van der Waals surface area contributed by atoms with Crippen molar-refractivity contribution in [3.63, 3.8) is 0 Å². The van der Waals surface area contributed by atoms with E-state index in [-0.39, 0.29) is 5.91 Å². The maximum absolute atomic E-state index is 10.6. The predicted molar refractivity (Wildman–Crippen MR) is 46.1 cm³/mol. The minimum atomic E-state index is -0.177. The van der Waals surface area contributed by atoms with Crippen LogP contribution in [0.1, 0.15) is 12.7 Å². The zero-order valence-electron chi connectivity index (χ0n) is 6.76. The molecule has 4 nitrogen and oxygen atoms in total. The molecular formula is C7H8ClN3O. The number of anilines is 1. The maximum atomic E-state index is 10.6. The van der Waals surface area contributed by atoms with Gasteiger partial charge in [-0.25, -0.2) is 9.97 Å². The van der Waals surface area contributed by atoms with Gasteiger partial charge in [0.2, 0.25) is 5.91 Å². The van der Waals surface area contributed by atoms with Crippen molar-refractivity contribution in [2.24, 2.45) is 0 Å². The molecule has 0 spiro atoms. The quantitative estimate of drug-likeness (QED) is 0.673. The van der Waals surface area contributed by atoms with Gasteiger partial charge in [-0.3, -0.25) is 4.79 Å². The zero-order chi connectivity index (χ0) is 9.14. The highest BCUT2D eigenvalue weighted by Crippen LogP contribution is 2.10. The lowest BCUT2D eigenvalue weighted by Gasteiger charge is -2.01. The predicted octanol–water partition coefficient (Wildman–Crippen LogP) is 1.40. The third-order valence-electron chi connectivity index (χ3n) is 1.11. The van der Waals surface area contributed by atoms with E-state index in [1.54, 1.807) is 6.92 Å². The van der Waals surface area contributed by atoms with E-state index in [0.717, 1.165) is 0 Å². The van der Waals surface area contributed by atoms with Crippen LogP contribution >= 0.6 is 11.6 Å². The fraction of sp³-hybridized carbons (Fsp3) is 0.286. The highest BCUT2D eigenvalue weighted by Gasteiger charge is 2.00. The molecule has 0 aliphatic carbocycles. The fourth-order valence-corrected chi connectivity index (χ4v) is 1.00. The van der Waals surface area contributed by atoms with Crippen LogP contribution in [0.3, 0.4) is 0 Å². The van der Waals surface area contributed by atoms with E-state index in [2.05, 4.69) is 15.3 Å². The van der Waals surface area contributed by atoms with Crippen molar-refractivity contribution >= 4 is 23.3 Å². The van der Waals surface area contributed by atoms with Crippen LogP contribution in [0.2, 0.25) is 5.15 Å². The van der Waals surface area contributed by atoms with Crippen molar-refractivity contribution in [1.82, 2.24) is 9.97 Å². The Kier molecular flexibility index (Phi) is 2.60. The third-order valence-corrected chi connectivity index (χ3v) is 1.30. The lowest BCUT2D eigenvalue weighted by Crippen LogP contribution is -2.08. The number of hydrogen-bond acceptors (Lipinski definition) is 3. The smallest absolute Gasteiger partial charge is 0.222 e. The summed E-state index contributed by atoms with van der Waals surface area (Å²) in [4.78, 5) is 18.4. The Morgan fingerprint density at radius 2 is 2.25 bits per heavy atom. The largest absolute Gasteiger partial charge is 0.311 e. The Bertz CT molecular complexity index is 293. The van der Waals surface area contributed by atoms with Crippen molar-refractivity contribution in [3.8, 4) is 0 Å². The van der Waals surface area contributed by atoms with Gasteiger partial charge in [0.1, 0.15) is 16.8 Å². The number of aromatic nitrogens is 2. The van der Waals surface area contributed by atoms with Gasteiger partial charge in [0.05, 0.1) is 0 Å². The molecule has 0 aliphatic rings. The maximum Gasteiger partial charge on any atom is 0.222 e. The third kappa shape index (κ3) is 2.47. The van der Waals surface area contributed by atoms with Crippen molar-refractivity contribution in [3.05, 3.63) is 17.0 Å². The van der Waals surface area contributed by atoms with Crippen molar-refractivity contribution in [2.75, 3.05) is 5.32 Å². The second kappa shape index (κ2) is 3.49. The molecule has 1 aromatic rings. The van der Waals surface area contributed by atoms with Crippen LogP contribution in [0.4, 0.5) is 5.82 Å². The summed E-state index contributed by atoms with van der Waals surface area (Å²) in [5.41, 5.74) is 0. The van der Waals surface area contributed by atoms with Gasteiger partial charge in [-0.15, -0.1) is 0 Å². The minimum absolute atomic E-state index is 0.177. The molecule has 0 unspecified atom stereocenters. The summed E-state index contributed by atoms with van der Waals surface area (Å²) in [6, 6.07) is 1.50. The van der Waals surface area contributed by atoms with Crippen LogP contribution in [-0.4, -0.2) is 15.9 Å². The van der Waals surface area contributed by atoms with Crippen LogP contribution in [0.25, 0.3) is 0 Å². The summed E-state index contributed by atoms with van der Waals surface area (Å²) in [6.45, 7) is 3.11. The molecule has 12 heavy (non-hydrogen) atoms. The van der Waals surface area contributed by atoms with Crippen molar-refractivity contribution < 1.29 is 4.79 Å². The van der Waals surface area contributed by atoms with Crippen LogP contribution in [-0.2, 0) is 4.79 Å². The molecule has 0 atom stereocenters. The molecule has 5 heteroatoms. The van der Waals surface area contributed by atoms with Crippen LogP contribution in [0.5, 0.6) is 0 Å². The van der Waals surface area contributed by atoms with Gasteiger partial charge in [0.25, 0.3) is 0 Å². The first kappa shape index (κ1) is 8.93. The molecular weight excluding hydrogens is 178 g/mol. The number of carbonyl (C=O) groups excluding carboxylic acids is 1. The number of aryl methyl sites for hydroxylation is 1. The summed E-state index contributed by atoms with van der Waals surface area (Å²) in [5, 5.41) is 2.84. The number of hydrogen-bond donors (Lipinski definition) is 1. The molecule has 0 radical (unpaired) electrons. The number of carbonyl (C=O) groups is 1. The number of amides is 1. The number of nitrogens with zero attached hydrogens (tertiary/aromatic N) is 2. The molecule has 0 bridgehead atoms. The molecule has 0 aromatic carbocycles. The Hall–Kier alpha value is -1.16. The molecule has 1 aromatic heterocycles. The fourth-order valence-electron chi connectivity index (χ4n) is 0.776. The Morgan fingerprint density at radius 1 is 1.58 bits per heavy atom. The number of rotatable bonds is 1. The first-order valence-corrected chi connectivity index (χ1v) is 3.74. The molecule has 1 heterocycles. The Balaban J connectivity index is 2.93. The van der Waals surface area contributed by atoms with Crippen LogP contribution < -0.4 is 5.32 Å². The van der Waals surface area contributed by atoms with E-state index in [0.29, 0.717) is 16.8 Å². The summed E-state index contributed by atoms with van der Waals surface area (Å²) >= 11 is 5.63. The molecule has 1 N–H and O–H groups in total. The highest BCUT2D eigenvalue weighted by atomic mass is 35.5. The summed E-state index contributed by atoms with van der Waals surface area (Å²) in [7, 11) is 0. The van der Waals surface area contributed by atoms with Crippen LogP contribution in [0.15, 0.2) is 6.07 Å². The average molecular weight is 186 g/mol. The van der Waals surface area contributed by atoms with E-state index in [1.165, 1.54) is 13.0 Å². The highest BCUT2D eigenvalue weighted by molar-refractivity contribution is 6.29. The standard InChI is InChI=1S/C7H8ClN3O/c1-4-9-6(8)3-7(10-4)11-5(2)12/h3H,1-2H3,(H,9,10,11,12). The summed E-state index contributed by atoms with van der Waals surface area (Å²) in [6.07, 6.45) is 0. The van der Waals surface area contributed by atoms with Gasteiger partial charge >= 0.3 is 0 Å². The van der Waals surface area contributed by atoms with Gasteiger partial charge in [0, 0.05) is 13.0 Å². The van der Waals surface area contributed by atoms with E-state index >= 15 is 0 Å². The summed E-state index contributed by atoms with van der Waals surface area (Å²) in [5.74, 6) is 0.787. The Morgan fingerprint density at radius 3 is 2.75 bits per heavy atom. The number of halogens is 1. The van der Waals surface area contributed by atoms with Gasteiger partial charge in [-0.2, -0.15) is 0 Å². The monoisotopic (exact) mass is 185 g/mol. The average Bonchev–Trinajstić information content (AvgIpc) is 1.81. The topological polar surface area (TPSA) is 54.9 Å². The lowest BCUT2D eigenvalue weighted by atomic mass is 10.5. The van der Waals surface area contributed by atoms with E-state index in [9.17, 15) is 4.79 Å². The molecule has 64 valence electrons. The molecule has 0 saturated carbocycles. The van der Waals surface area contributed by atoms with Crippen LogP contribution in [0, 0.1) is 6.92 Å². The van der Waals surface area contributed by atoms with Crippen molar-refractivity contribution in [1.29, 1.82) is 0 Å². The first-order valence-electron chi connectivity index (χ1n) is 3.36. The molecule has 1 rings (SSSR count). The second-order valence-electron chi connectivity index (χ2n) is 2.30. The van der Waals surface area contributed by atoms with E-state index in [4.69, 9.17) is 11.6 Å². The summed E-state index contributed by atoms with van der Waals surface area (Å²) < 4.78 is 0. The van der Waals surface area contributed by atoms with Gasteiger partial charge < -0.3 is 5.32 Å². The van der Waals surface area contributed by atoms with Gasteiger partial charge in [-0.05, 0) is 6.92 Å². The van der Waals surface area contributed by atoms with Gasteiger partial charge in [0.15, 0.2) is 0 Å². The SMILES string of the molecule is CC(=O)Nc1cc(Cl)nc(C)n1. The molecule has 1 amide bonds. The molecule has 0 fully saturated rings. The molecule has 0 saturated heterocycles.